The van der Waals surface area contributed by atoms with Crippen molar-refractivity contribution in [1.29, 1.82) is 0 Å². The second kappa shape index (κ2) is 5.71. The Balaban J connectivity index is 1.76. The van der Waals surface area contributed by atoms with Gasteiger partial charge in [0.15, 0.2) is 0 Å². The summed E-state index contributed by atoms with van der Waals surface area (Å²) in [6.07, 6.45) is 0.552. The van der Waals surface area contributed by atoms with Crippen molar-refractivity contribution < 1.29 is 9.59 Å². The first kappa shape index (κ1) is 16.1. The first-order valence-electron chi connectivity index (χ1n) is 9.27. The van der Waals surface area contributed by atoms with Crippen LogP contribution in [0.2, 0.25) is 0 Å². The van der Waals surface area contributed by atoms with Crippen LogP contribution in [0.3, 0.4) is 0 Å². The molecule has 5 rings (SSSR count). The number of H-pyrrole nitrogens is 1. The molecule has 0 spiro atoms. The summed E-state index contributed by atoms with van der Waals surface area (Å²) in [5.74, 6) is 0.0135. The molecule has 2 atom stereocenters. The van der Waals surface area contributed by atoms with Gasteiger partial charge < -0.3 is 14.8 Å². The highest BCUT2D eigenvalue weighted by molar-refractivity contribution is 5.97. The van der Waals surface area contributed by atoms with Crippen LogP contribution >= 0.6 is 0 Å². The van der Waals surface area contributed by atoms with E-state index in [1.807, 2.05) is 19.1 Å². The molecule has 136 valence electrons. The number of piperazine rings is 1. The average molecular weight is 359 g/mol. The molecule has 3 heterocycles. The van der Waals surface area contributed by atoms with Crippen molar-refractivity contribution >= 4 is 22.7 Å². The van der Waals surface area contributed by atoms with Crippen molar-refractivity contribution in [3.8, 4) is 0 Å². The number of carbonyl (C=O) groups is 2. The number of aromatic nitrogens is 1. The molecule has 0 bridgehead atoms. The molecule has 2 aliphatic heterocycles. The predicted molar refractivity (Wildman–Crippen MR) is 103 cm³/mol. The summed E-state index contributed by atoms with van der Waals surface area (Å²) in [6.45, 7) is 2.18. The quantitative estimate of drug-likeness (QED) is 0.726. The number of aryl methyl sites for hydroxylation is 1. The standard InChI is InChI=1S/C22H21N3O2/c1-13-7-9-14(10-8-13)21-20-16(15-5-3-4-6-17(15)23-20)11-18-22(27)24(2)12-19(26)25(18)21/h3-10,18,21,23H,11-12H2,1-2H3/t18-,21+/m1/s1. The van der Waals surface area contributed by atoms with E-state index in [0.717, 1.165) is 27.7 Å². The van der Waals surface area contributed by atoms with Crippen LogP contribution in [0.4, 0.5) is 0 Å². The van der Waals surface area contributed by atoms with Gasteiger partial charge in [-0.2, -0.15) is 0 Å². The van der Waals surface area contributed by atoms with E-state index in [2.05, 4.69) is 41.4 Å². The van der Waals surface area contributed by atoms with E-state index in [1.54, 1.807) is 16.8 Å². The fraction of sp³-hybridized carbons (Fsp3) is 0.273. The SMILES string of the molecule is Cc1ccc([C@H]2c3[nH]c4ccccc4c3C[C@@H]3C(=O)N(C)CC(=O)N23)cc1. The second-order valence-electron chi connectivity index (χ2n) is 7.59. The lowest BCUT2D eigenvalue weighted by Gasteiger charge is -2.46. The predicted octanol–water partition coefficient (Wildman–Crippen LogP) is 2.79. The Kier molecular flexibility index (Phi) is 3.41. The molecule has 5 nitrogen and oxygen atoms in total. The van der Waals surface area contributed by atoms with Gasteiger partial charge in [-0.1, -0.05) is 48.0 Å². The largest absolute Gasteiger partial charge is 0.356 e. The highest BCUT2D eigenvalue weighted by Crippen LogP contribution is 2.42. The first-order chi connectivity index (χ1) is 13.0. The molecule has 0 saturated carbocycles. The zero-order chi connectivity index (χ0) is 18.7. The summed E-state index contributed by atoms with van der Waals surface area (Å²) in [6, 6.07) is 15.7. The van der Waals surface area contributed by atoms with Crippen molar-refractivity contribution in [2.24, 2.45) is 0 Å². The molecule has 0 aliphatic carbocycles. The average Bonchev–Trinajstić information content (AvgIpc) is 3.04. The number of likely N-dealkylation sites (N-methyl/N-ethyl adjacent to an activating group) is 1. The van der Waals surface area contributed by atoms with Gasteiger partial charge in [0.25, 0.3) is 0 Å². The van der Waals surface area contributed by atoms with Gasteiger partial charge in [-0.3, -0.25) is 9.59 Å². The minimum atomic E-state index is -0.450. The maximum absolute atomic E-state index is 13.0. The third kappa shape index (κ3) is 2.31. The molecule has 1 N–H and O–H groups in total. The Bertz CT molecular complexity index is 1070. The van der Waals surface area contributed by atoms with Crippen LogP contribution in [-0.2, 0) is 16.0 Å². The monoisotopic (exact) mass is 359 g/mol. The smallest absolute Gasteiger partial charge is 0.245 e. The maximum Gasteiger partial charge on any atom is 0.245 e. The Morgan fingerprint density at radius 1 is 1.04 bits per heavy atom. The number of hydrogen-bond acceptors (Lipinski definition) is 2. The molecule has 0 radical (unpaired) electrons. The Labute approximate surface area is 157 Å². The number of aromatic amines is 1. The third-order valence-electron chi connectivity index (χ3n) is 5.85. The van der Waals surface area contributed by atoms with Crippen molar-refractivity contribution in [3.05, 3.63) is 70.9 Å². The summed E-state index contributed by atoms with van der Waals surface area (Å²) >= 11 is 0. The van der Waals surface area contributed by atoms with Crippen LogP contribution in [-0.4, -0.2) is 46.2 Å². The van der Waals surface area contributed by atoms with E-state index < -0.39 is 6.04 Å². The minimum absolute atomic E-state index is 0.00280. The van der Waals surface area contributed by atoms with E-state index in [4.69, 9.17) is 0 Å². The Hall–Kier alpha value is -3.08. The number of nitrogens with zero attached hydrogens (tertiary/aromatic N) is 2. The molecule has 27 heavy (non-hydrogen) atoms. The van der Waals surface area contributed by atoms with Gasteiger partial charge in [0.1, 0.15) is 6.04 Å². The summed E-state index contributed by atoms with van der Waals surface area (Å²) < 4.78 is 0. The van der Waals surface area contributed by atoms with Gasteiger partial charge in [0.05, 0.1) is 12.6 Å². The molecular formula is C22H21N3O2. The second-order valence-corrected chi connectivity index (χ2v) is 7.59. The van der Waals surface area contributed by atoms with Crippen molar-refractivity contribution in [1.82, 2.24) is 14.8 Å². The van der Waals surface area contributed by atoms with Crippen LogP contribution in [0.5, 0.6) is 0 Å². The number of fused-ring (bicyclic) bond motifs is 4. The molecule has 2 amide bonds. The lowest BCUT2D eigenvalue weighted by Crippen LogP contribution is -2.62. The zero-order valence-corrected chi connectivity index (χ0v) is 15.4. The van der Waals surface area contributed by atoms with Gasteiger partial charge in [0.2, 0.25) is 11.8 Å². The van der Waals surface area contributed by atoms with Gasteiger partial charge in [-0.15, -0.1) is 0 Å². The summed E-state index contributed by atoms with van der Waals surface area (Å²) in [5, 5.41) is 1.14. The van der Waals surface area contributed by atoms with Crippen molar-refractivity contribution in [2.75, 3.05) is 13.6 Å². The lowest BCUT2D eigenvalue weighted by molar-refractivity contribution is -0.157. The molecule has 2 aliphatic rings. The summed E-state index contributed by atoms with van der Waals surface area (Å²) in [5.41, 5.74) is 5.43. The van der Waals surface area contributed by atoms with E-state index in [1.165, 1.54) is 5.56 Å². The number of hydrogen-bond donors (Lipinski definition) is 1. The van der Waals surface area contributed by atoms with E-state index in [-0.39, 0.29) is 24.4 Å². The first-order valence-corrected chi connectivity index (χ1v) is 9.27. The van der Waals surface area contributed by atoms with Crippen molar-refractivity contribution in [2.45, 2.75) is 25.4 Å². The van der Waals surface area contributed by atoms with Crippen LogP contribution in [0.1, 0.15) is 28.4 Å². The summed E-state index contributed by atoms with van der Waals surface area (Å²) in [4.78, 5) is 32.8. The zero-order valence-electron chi connectivity index (χ0n) is 15.4. The number of rotatable bonds is 1. The molecule has 1 fully saturated rings. The normalized spacial score (nSPS) is 22.1. The Morgan fingerprint density at radius 2 is 1.78 bits per heavy atom. The van der Waals surface area contributed by atoms with E-state index in [0.29, 0.717) is 6.42 Å². The molecule has 1 saturated heterocycles. The lowest BCUT2D eigenvalue weighted by atomic mass is 9.86. The topological polar surface area (TPSA) is 56.4 Å². The van der Waals surface area contributed by atoms with E-state index >= 15 is 0 Å². The van der Waals surface area contributed by atoms with E-state index in [9.17, 15) is 9.59 Å². The molecule has 3 aromatic rings. The van der Waals surface area contributed by atoms with Crippen LogP contribution in [0, 0.1) is 6.92 Å². The highest BCUT2D eigenvalue weighted by atomic mass is 16.2. The van der Waals surface area contributed by atoms with Gasteiger partial charge in [-0.05, 0) is 24.1 Å². The molecule has 1 aromatic heterocycles. The third-order valence-corrected chi connectivity index (χ3v) is 5.85. The van der Waals surface area contributed by atoms with Crippen LogP contribution in [0.15, 0.2) is 48.5 Å². The highest BCUT2D eigenvalue weighted by Gasteiger charge is 2.47. The fourth-order valence-electron chi connectivity index (χ4n) is 4.50. The molecular weight excluding hydrogens is 338 g/mol. The van der Waals surface area contributed by atoms with Gasteiger partial charge in [-0.25, -0.2) is 0 Å². The number of benzene rings is 2. The number of nitrogens with one attached hydrogen (secondary N) is 1. The molecule has 5 heteroatoms. The molecule has 0 unspecified atom stereocenters. The Morgan fingerprint density at radius 3 is 2.56 bits per heavy atom. The van der Waals surface area contributed by atoms with Crippen LogP contribution < -0.4 is 0 Å². The number of carbonyl (C=O) groups excluding carboxylic acids is 2. The van der Waals surface area contributed by atoms with Gasteiger partial charge >= 0.3 is 0 Å². The number of para-hydroxylation sites is 1. The maximum atomic E-state index is 13.0. The number of amides is 2. The fourth-order valence-corrected chi connectivity index (χ4v) is 4.50. The minimum Gasteiger partial charge on any atom is -0.356 e. The summed E-state index contributed by atoms with van der Waals surface area (Å²) in [7, 11) is 1.71. The molecule has 2 aromatic carbocycles. The van der Waals surface area contributed by atoms with Crippen molar-refractivity contribution in [3.63, 3.8) is 0 Å². The van der Waals surface area contributed by atoms with Crippen LogP contribution in [0.25, 0.3) is 10.9 Å². The van der Waals surface area contributed by atoms with Gasteiger partial charge in [0, 0.05) is 30.1 Å².